The molecular formula is C26H25F2N5O2S. The number of benzene rings is 2. The van der Waals surface area contributed by atoms with Gasteiger partial charge in [0.25, 0.3) is 0 Å². The summed E-state index contributed by atoms with van der Waals surface area (Å²) >= 11 is 1.40. The summed E-state index contributed by atoms with van der Waals surface area (Å²) in [4.78, 5) is 22.4. The summed E-state index contributed by atoms with van der Waals surface area (Å²) in [6, 6.07) is 11.1. The fraction of sp³-hybridized carbons (Fsp3) is 0.192. The summed E-state index contributed by atoms with van der Waals surface area (Å²) in [7, 11) is 3.83. The predicted octanol–water partition coefficient (Wildman–Crippen LogP) is 6.12. The zero-order chi connectivity index (χ0) is 25.7. The number of rotatable bonds is 10. The molecule has 10 heteroatoms. The van der Waals surface area contributed by atoms with E-state index in [4.69, 9.17) is 4.74 Å². The number of aromatic nitrogens is 2. The standard InChI is InChI=1S/C26H25F2N5O2S/c1-4-23(34)29-16-7-5-8-18(13-16)35-25-24-22(10-12-36-24)31-26(32-25)30-17-14-20(27)19(21(28)15-17)9-6-11-33(2)3/h4-5,7-8,10,12-15H,1,6,9,11H2,2-3H3,(H,29,34)(H,30,31,32). The van der Waals surface area contributed by atoms with Gasteiger partial charge in [-0.15, -0.1) is 11.3 Å². The Morgan fingerprint density at radius 2 is 1.92 bits per heavy atom. The highest BCUT2D eigenvalue weighted by Gasteiger charge is 2.15. The van der Waals surface area contributed by atoms with Gasteiger partial charge >= 0.3 is 0 Å². The van der Waals surface area contributed by atoms with Gasteiger partial charge in [0, 0.05) is 23.0 Å². The Bertz CT molecular complexity index is 1380. The molecule has 0 aliphatic heterocycles. The van der Waals surface area contributed by atoms with Gasteiger partial charge in [-0.3, -0.25) is 4.79 Å². The average molecular weight is 510 g/mol. The zero-order valence-electron chi connectivity index (χ0n) is 19.8. The Balaban J connectivity index is 1.57. The number of anilines is 3. The second-order valence-electron chi connectivity index (χ2n) is 8.26. The lowest BCUT2D eigenvalue weighted by Crippen LogP contribution is -2.14. The normalized spacial score (nSPS) is 11.0. The van der Waals surface area contributed by atoms with Gasteiger partial charge in [0.15, 0.2) is 0 Å². The summed E-state index contributed by atoms with van der Waals surface area (Å²) < 4.78 is 36.0. The van der Waals surface area contributed by atoms with Crippen molar-refractivity contribution in [3.05, 3.63) is 77.7 Å². The van der Waals surface area contributed by atoms with Gasteiger partial charge < -0.3 is 20.3 Å². The van der Waals surface area contributed by atoms with Crippen molar-refractivity contribution < 1.29 is 18.3 Å². The van der Waals surface area contributed by atoms with Crippen molar-refractivity contribution in [2.75, 3.05) is 31.3 Å². The van der Waals surface area contributed by atoms with Crippen LogP contribution in [0.25, 0.3) is 10.2 Å². The van der Waals surface area contributed by atoms with E-state index in [-0.39, 0.29) is 29.0 Å². The molecule has 1 amide bonds. The molecule has 0 saturated heterocycles. The summed E-state index contributed by atoms with van der Waals surface area (Å²) in [6.07, 6.45) is 2.12. The molecule has 0 saturated carbocycles. The van der Waals surface area contributed by atoms with Crippen LogP contribution in [0, 0.1) is 11.6 Å². The molecule has 2 heterocycles. The molecule has 0 radical (unpaired) electrons. The molecular weight excluding hydrogens is 484 g/mol. The number of halogens is 2. The number of carbonyl (C=O) groups is 1. The van der Waals surface area contributed by atoms with E-state index in [1.165, 1.54) is 29.5 Å². The average Bonchev–Trinajstić information content (AvgIpc) is 3.30. The maximum atomic E-state index is 14.7. The third-order valence-corrected chi connectivity index (χ3v) is 6.09. The fourth-order valence-electron chi connectivity index (χ4n) is 3.52. The van der Waals surface area contributed by atoms with E-state index in [1.807, 2.05) is 24.4 Å². The van der Waals surface area contributed by atoms with Crippen LogP contribution in [0.2, 0.25) is 0 Å². The number of fused-ring (bicyclic) bond motifs is 1. The van der Waals surface area contributed by atoms with Gasteiger partial charge in [-0.25, -0.2) is 13.8 Å². The quantitative estimate of drug-likeness (QED) is 0.251. The first kappa shape index (κ1) is 25.2. The number of nitrogens with one attached hydrogen (secondary N) is 2. The predicted molar refractivity (Wildman–Crippen MR) is 139 cm³/mol. The fourth-order valence-corrected chi connectivity index (χ4v) is 4.27. The SMILES string of the molecule is C=CC(=O)Nc1cccc(Oc2nc(Nc3cc(F)c(CCCN(C)C)c(F)c3)nc3ccsc23)c1. The minimum absolute atomic E-state index is 0.0593. The van der Waals surface area contributed by atoms with Gasteiger partial charge in [0.1, 0.15) is 22.1 Å². The van der Waals surface area contributed by atoms with Crippen molar-refractivity contribution in [2.45, 2.75) is 12.8 Å². The number of ether oxygens (including phenoxy) is 1. The molecule has 2 aromatic heterocycles. The monoisotopic (exact) mass is 509 g/mol. The Hall–Kier alpha value is -3.89. The molecule has 4 aromatic rings. The molecule has 7 nitrogen and oxygen atoms in total. The lowest BCUT2D eigenvalue weighted by Gasteiger charge is -2.13. The maximum Gasteiger partial charge on any atom is 0.247 e. The van der Waals surface area contributed by atoms with Crippen molar-refractivity contribution in [1.82, 2.24) is 14.9 Å². The van der Waals surface area contributed by atoms with E-state index < -0.39 is 11.6 Å². The first-order valence-electron chi connectivity index (χ1n) is 11.2. The topological polar surface area (TPSA) is 79.4 Å². The van der Waals surface area contributed by atoms with E-state index in [2.05, 4.69) is 27.2 Å². The van der Waals surface area contributed by atoms with Crippen molar-refractivity contribution in [2.24, 2.45) is 0 Å². The highest BCUT2D eigenvalue weighted by molar-refractivity contribution is 7.17. The lowest BCUT2D eigenvalue weighted by molar-refractivity contribution is -0.111. The van der Waals surface area contributed by atoms with Crippen LogP contribution in [-0.2, 0) is 11.2 Å². The number of carbonyl (C=O) groups excluding carboxylic acids is 1. The first-order valence-corrected chi connectivity index (χ1v) is 12.1. The Kier molecular flexibility index (Phi) is 7.87. The first-order chi connectivity index (χ1) is 17.3. The molecule has 0 aliphatic carbocycles. The zero-order valence-corrected chi connectivity index (χ0v) is 20.7. The Morgan fingerprint density at radius 1 is 1.14 bits per heavy atom. The molecule has 36 heavy (non-hydrogen) atoms. The Morgan fingerprint density at radius 3 is 2.64 bits per heavy atom. The van der Waals surface area contributed by atoms with Crippen LogP contribution in [0.3, 0.4) is 0 Å². The van der Waals surface area contributed by atoms with Crippen LogP contribution in [0.5, 0.6) is 11.6 Å². The third kappa shape index (κ3) is 6.21. The van der Waals surface area contributed by atoms with Crippen LogP contribution in [0.15, 0.2) is 60.5 Å². The minimum atomic E-state index is -0.622. The molecule has 4 rings (SSSR count). The molecule has 186 valence electrons. The van der Waals surface area contributed by atoms with Gasteiger partial charge in [0.2, 0.25) is 17.7 Å². The molecule has 0 fully saturated rings. The summed E-state index contributed by atoms with van der Waals surface area (Å²) in [5.41, 5.74) is 1.40. The number of thiophene rings is 1. The van der Waals surface area contributed by atoms with E-state index >= 15 is 0 Å². The van der Waals surface area contributed by atoms with Crippen molar-refractivity contribution in [1.29, 1.82) is 0 Å². The van der Waals surface area contributed by atoms with Crippen molar-refractivity contribution in [3.8, 4) is 11.6 Å². The van der Waals surface area contributed by atoms with Gasteiger partial charge in [-0.05, 0) is 75.3 Å². The molecule has 0 unspecified atom stereocenters. The third-order valence-electron chi connectivity index (χ3n) is 5.20. The summed E-state index contributed by atoms with van der Waals surface area (Å²) in [5, 5.41) is 7.41. The van der Waals surface area contributed by atoms with E-state index in [1.54, 1.807) is 30.3 Å². The molecule has 2 aromatic carbocycles. The maximum absolute atomic E-state index is 14.7. The second kappa shape index (κ2) is 11.2. The Labute approximate surface area is 211 Å². The highest BCUT2D eigenvalue weighted by atomic mass is 32.1. The van der Waals surface area contributed by atoms with Crippen molar-refractivity contribution in [3.63, 3.8) is 0 Å². The highest BCUT2D eigenvalue weighted by Crippen LogP contribution is 2.34. The molecule has 2 N–H and O–H groups in total. The van der Waals surface area contributed by atoms with E-state index in [0.717, 1.165) is 6.54 Å². The number of amides is 1. The molecule has 0 aliphatic rings. The smallest absolute Gasteiger partial charge is 0.247 e. The number of nitrogens with zero attached hydrogens (tertiary/aromatic N) is 3. The summed E-state index contributed by atoms with van der Waals surface area (Å²) in [5.74, 6) is -0.748. The number of hydrogen-bond acceptors (Lipinski definition) is 7. The van der Waals surface area contributed by atoms with Gasteiger partial charge in [-0.1, -0.05) is 12.6 Å². The van der Waals surface area contributed by atoms with Crippen LogP contribution < -0.4 is 15.4 Å². The second-order valence-corrected chi connectivity index (χ2v) is 9.18. The van der Waals surface area contributed by atoms with Crippen LogP contribution in [-0.4, -0.2) is 41.4 Å². The lowest BCUT2D eigenvalue weighted by atomic mass is 10.1. The van der Waals surface area contributed by atoms with Crippen molar-refractivity contribution >= 4 is 44.8 Å². The van der Waals surface area contributed by atoms with Crippen LogP contribution >= 0.6 is 11.3 Å². The van der Waals surface area contributed by atoms with Gasteiger partial charge in [0.05, 0.1) is 5.52 Å². The largest absolute Gasteiger partial charge is 0.437 e. The van der Waals surface area contributed by atoms with Crippen LogP contribution in [0.4, 0.5) is 26.1 Å². The van der Waals surface area contributed by atoms with E-state index in [0.29, 0.717) is 34.5 Å². The molecule has 0 spiro atoms. The van der Waals surface area contributed by atoms with Gasteiger partial charge in [-0.2, -0.15) is 4.98 Å². The molecule has 0 atom stereocenters. The molecule has 0 bridgehead atoms. The van der Waals surface area contributed by atoms with Crippen LogP contribution in [0.1, 0.15) is 12.0 Å². The number of hydrogen-bond donors (Lipinski definition) is 2. The minimum Gasteiger partial charge on any atom is -0.437 e. The van der Waals surface area contributed by atoms with E-state index in [9.17, 15) is 13.6 Å². The summed E-state index contributed by atoms with van der Waals surface area (Å²) in [6.45, 7) is 4.18.